The quantitative estimate of drug-likeness (QED) is 0.734. The second-order valence-electron chi connectivity index (χ2n) is 4.68. The molecule has 7 nitrogen and oxygen atoms in total. The van der Waals surface area contributed by atoms with E-state index in [0.717, 1.165) is 0 Å². The lowest BCUT2D eigenvalue weighted by atomic mass is 10.1. The van der Waals surface area contributed by atoms with Crippen molar-refractivity contribution in [1.82, 2.24) is 25.0 Å². The van der Waals surface area contributed by atoms with E-state index >= 15 is 0 Å². The summed E-state index contributed by atoms with van der Waals surface area (Å²) in [6.45, 7) is 0. The SMILES string of the molecule is Nc1nc(C(F)(F)F)nn1-c1ccc(C(=O)c2ccccc2)nn1. The first-order chi connectivity index (χ1) is 11.4. The Morgan fingerprint density at radius 2 is 1.75 bits per heavy atom. The van der Waals surface area contributed by atoms with E-state index in [-0.39, 0.29) is 17.3 Å². The van der Waals surface area contributed by atoms with Gasteiger partial charge in [-0.05, 0) is 12.1 Å². The Labute approximate surface area is 133 Å². The van der Waals surface area contributed by atoms with Gasteiger partial charge in [-0.15, -0.1) is 15.3 Å². The number of nitrogen functional groups attached to an aromatic ring is 1. The molecule has 2 aromatic heterocycles. The lowest BCUT2D eigenvalue weighted by molar-refractivity contribution is -0.144. The number of nitrogens with two attached hydrogens (primary N) is 1. The van der Waals surface area contributed by atoms with E-state index in [4.69, 9.17) is 5.73 Å². The maximum atomic E-state index is 12.6. The summed E-state index contributed by atoms with van der Waals surface area (Å²) in [6.07, 6.45) is -4.73. The topological polar surface area (TPSA) is 99.6 Å². The van der Waals surface area contributed by atoms with Crippen LogP contribution in [0.2, 0.25) is 0 Å². The summed E-state index contributed by atoms with van der Waals surface area (Å²) in [5.41, 5.74) is 5.87. The fourth-order valence-corrected chi connectivity index (χ4v) is 1.91. The van der Waals surface area contributed by atoms with Gasteiger partial charge in [-0.25, -0.2) is 0 Å². The monoisotopic (exact) mass is 334 g/mol. The Kier molecular flexibility index (Phi) is 3.72. The van der Waals surface area contributed by atoms with Crippen LogP contribution in [0.4, 0.5) is 19.1 Å². The van der Waals surface area contributed by atoms with Crippen molar-refractivity contribution in [3.63, 3.8) is 0 Å². The third-order valence-electron chi connectivity index (χ3n) is 3.02. The van der Waals surface area contributed by atoms with Crippen molar-refractivity contribution in [2.45, 2.75) is 6.18 Å². The van der Waals surface area contributed by atoms with Crippen molar-refractivity contribution >= 4 is 11.7 Å². The van der Waals surface area contributed by atoms with Gasteiger partial charge in [0, 0.05) is 5.56 Å². The van der Waals surface area contributed by atoms with Gasteiger partial charge in [-0.3, -0.25) is 4.79 Å². The standard InChI is InChI=1S/C14H9F3N6O/c15-14(16,17)12-19-13(18)23(22-12)10-7-6-9(20-21-10)11(24)8-4-2-1-3-5-8/h1-7H,(H2,18,19,22). The normalized spacial score (nSPS) is 11.5. The number of carbonyl (C=O) groups excluding carboxylic acids is 1. The maximum absolute atomic E-state index is 12.6. The molecular formula is C14H9F3N6O. The Bertz CT molecular complexity index is 874. The van der Waals surface area contributed by atoms with Gasteiger partial charge in [-0.1, -0.05) is 30.3 Å². The van der Waals surface area contributed by atoms with Gasteiger partial charge < -0.3 is 5.73 Å². The van der Waals surface area contributed by atoms with Crippen molar-refractivity contribution in [3.05, 3.63) is 59.5 Å². The summed E-state index contributed by atoms with van der Waals surface area (Å²) in [6, 6.07) is 11.0. The summed E-state index contributed by atoms with van der Waals surface area (Å²) in [4.78, 5) is 15.3. The van der Waals surface area contributed by atoms with Gasteiger partial charge in [-0.2, -0.15) is 22.8 Å². The average Bonchev–Trinajstić information content (AvgIpc) is 2.97. The zero-order valence-corrected chi connectivity index (χ0v) is 11.9. The predicted molar refractivity (Wildman–Crippen MR) is 76.2 cm³/mol. The van der Waals surface area contributed by atoms with Crippen LogP contribution in [0.3, 0.4) is 0 Å². The average molecular weight is 334 g/mol. The molecule has 10 heteroatoms. The molecule has 0 radical (unpaired) electrons. The molecule has 2 N–H and O–H groups in total. The number of halogens is 3. The summed E-state index contributed by atoms with van der Waals surface area (Å²) >= 11 is 0. The molecule has 0 unspecified atom stereocenters. The van der Waals surface area contributed by atoms with Crippen LogP contribution in [0.25, 0.3) is 5.82 Å². The minimum absolute atomic E-state index is 0.0414. The van der Waals surface area contributed by atoms with Crippen LogP contribution in [-0.2, 0) is 6.18 Å². The van der Waals surface area contributed by atoms with Crippen LogP contribution >= 0.6 is 0 Å². The minimum atomic E-state index is -4.73. The zero-order chi connectivity index (χ0) is 17.3. The van der Waals surface area contributed by atoms with Crippen LogP contribution in [-0.4, -0.2) is 30.7 Å². The largest absolute Gasteiger partial charge is 0.453 e. The van der Waals surface area contributed by atoms with E-state index in [9.17, 15) is 18.0 Å². The summed E-state index contributed by atoms with van der Waals surface area (Å²) < 4.78 is 38.4. The van der Waals surface area contributed by atoms with Crippen LogP contribution in [0.1, 0.15) is 21.9 Å². The Morgan fingerprint density at radius 3 is 2.29 bits per heavy atom. The number of hydrogen-bond acceptors (Lipinski definition) is 6. The number of anilines is 1. The molecule has 0 aliphatic rings. The van der Waals surface area contributed by atoms with Crippen LogP contribution < -0.4 is 5.73 Å². The van der Waals surface area contributed by atoms with Crippen LogP contribution in [0, 0.1) is 0 Å². The van der Waals surface area contributed by atoms with E-state index in [2.05, 4.69) is 20.3 Å². The first kappa shape index (κ1) is 15.6. The lowest BCUT2D eigenvalue weighted by Gasteiger charge is -2.03. The van der Waals surface area contributed by atoms with Gasteiger partial charge in [0.2, 0.25) is 11.7 Å². The molecule has 0 amide bonds. The molecule has 2 heterocycles. The summed E-state index contributed by atoms with van der Waals surface area (Å²) in [7, 11) is 0. The smallest absolute Gasteiger partial charge is 0.368 e. The highest BCUT2D eigenvalue weighted by Crippen LogP contribution is 2.27. The molecule has 3 rings (SSSR count). The van der Waals surface area contributed by atoms with Crippen molar-refractivity contribution in [1.29, 1.82) is 0 Å². The Hall–Kier alpha value is -3.30. The summed E-state index contributed by atoms with van der Waals surface area (Å²) in [5.74, 6) is -2.32. The molecule has 0 atom stereocenters. The third-order valence-corrected chi connectivity index (χ3v) is 3.02. The van der Waals surface area contributed by atoms with Crippen LogP contribution in [0.15, 0.2) is 42.5 Å². The van der Waals surface area contributed by atoms with Gasteiger partial charge in [0.15, 0.2) is 5.82 Å². The van der Waals surface area contributed by atoms with Crippen molar-refractivity contribution < 1.29 is 18.0 Å². The number of nitrogens with zero attached hydrogens (tertiary/aromatic N) is 5. The highest BCUT2D eigenvalue weighted by molar-refractivity contribution is 6.07. The van der Waals surface area contributed by atoms with Gasteiger partial charge in [0.1, 0.15) is 5.69 Å². The first-order valence-corrected chi connectivity index (χ1v) is 6.60. The fourth-order valence-electron chi connectivity index (χ4n) is 1.91. The molecule has 0 fully saturated rings. The maximum Gasteiger partial charge on any atom is 0.453 e. The molecule has 1 aromatic carbocycles. The molecule has 0 saturated heterocycles. The number of hydrogen-bond donors (Lipinski definition) is 1. The number of alkyl halides is 3. The molecule has 24 heavy (non-hydrogen) atoms. The van der Waals surface area contributed by atoms with Crippen LogP contribution in [0.5, 0.6) is 0 Å². The molecule has 0 saturated carbocycles. The van der Waals surface area contributed by atoms with Gasteiger partial charge >= 0.3 is 6.18 Å². The van der Waals surface area contributed by atoms with Crippen molar-refractivity contribution in [3.8, 4) is 5.82 Å². The van der Waals surface area contributed by atoms with E-state index in [1.165, 1.54) is 12.1 Å². The Balaban J connectivity index is 1.90. The highest BCUT2D eigenvalue weighted by Gasteiger charge is 2.37. The number of carbonyl (C=O) groups is 1. The van der Waals surface area contributed by atoms with Gasteiger partial charge in [0.25, 0.3) is 5.82 Å². The second-order valence-corrected chi connectivity index (χ2v) is 4.68. The fraction of sp³-hybridized carbons (Fsp3) is 0.0714. The molecule has 0 bridgehead atoms. The number of ketones is 1. The molecule has 122 valence electrons. The predicted octanol–water partition coefficient (Wildman–Crippen LogP) is 1.89. The summed E-state index contributed by atoms with van der Waals surface area (Å²) in [5, 5.41) is 10.7. The van der Waals surface area contributed by atoms with Crippen molar-refractivity contribution in [2.75, 3.05) is 5.73 Å². The molecular weight excluding hydrogens is 325 g/mol. The van der Waals surface area contributed by atoms with E-state index in [0.29, 0.717) is 10.2 Å². The van der Waals surface area contributed by atoms with E-state index in [1.807, 2.05) is 0 Å². The van der Waals surface area contributed by atoms with Gasteiger partial charge in [0.05, 0.1) is 0 Å². The Morgan fingerprint density at radius 1 is 1.04 bits per heavy atom. The zero-order valence-electron chi connectivity index (χ0n) is 11.9. The number of aromatic nitrogens is 5. The number of benzene rings is 1. The minimum Gasteiger partial charge on any atom is -0.368 e. The third kappa shape index (κ3) is 2.93. The molecule has 0 aliphatic heterocycles. The molecule has 3 aromatic rings. The van der Waals surface area contributed by atoms with E-state index in [1.54, 1.807) is 30.3 Å². The highest BCUT2D eigenvalue weighted by atomic mass is 19.4. The molecule has 0 spiro atoms. The van der Waals surface area contributed by atoms with E-state index < -0.39 is 17.9 Å². The van der Waals surface area contributed by atoms with Crippen molar-refractivity contribution in [2.24, 2.45) is 0 Å². The number of rotatable bonds is 3. The lowest BCUT2D eigenvalue weighted by Crippen LogP contribution is -2.11. The first-order valence-electron chi connectivity index (χ1n) is 6.60. The second kappa shape index (κ2) is 5.72. The molecule has 0 aliphatic carbocycles.